The quantitative estimate of drug-likeness (QED) is 0.776. The molecule has 2 amide bonds. The number of likely N-dealkylation sites (tertiary alicyclic amines) is 1. The second kappa shape index (κ2) is 7.62. The van der Waals surface area contributed by atoms with Crippen molar-refractivity contribution in [2.75, 3.05) is 12.3 Å². The molecule has 1 aliphatic rings. The standard InChI is InChI=1S/C15H18N4O2S3/c1-9-17-18-15(23-9)22-8-6-13(20)19-7-2-3-10(19)11-4-5-12(24-11)14(16)21/h4-5,10H,2-3,6-8H2,1H3,(H2,16,21). The molecular formula is C15H18N4O2S3. The van der Waals surface area contributed by atoms with Gasteiger partial charge in [-0.05, 0) is 31.9 Å². The van der Waals surface area contributed by atoms with Gasteiger partial charge in [-0.15, -0.1) is 21.5 Å². The maximum absolute atomic E-state index is 12.6. The zero-order valence-electron chi connectivity index (χ0n) is 13.2. The zero-order chi connectivity index (χ0) is 17.1. The fourth-order valence-electron chi connectivity index (χ4n) is 2.73. The van der Waals surface area contributed by atoms with Crippen LogP contribution in [0.2, 0.25) is 0 Å². The van der Waals surface area contributed by atoms with Gasteiger partial charge in [-0.3, -0.25) is 9.59 Å². The van der Waals surface area contributed by atoms with Crippen molar-refractivity contribution in [3.8, 4) is 0 Å². The highest BCUT2D eigenvalue weighted by Gasteiger charge is 2.30. The van der Waals surface area contributed by atoms with Crippen LogP contribution in [0.4, 0.5) is 0 Å². The van der Waals surface area contributed by atoms with Crippen LogP contribution in [-0.2, 0) is 4.79 Å². The van der Waals surface area contributed by atoms with Crippen LogP contribution >= 0.6 is 34.4 Å². The van der Waals surface area contributed by atoms with Gasteiger partial charge in [0.1, 0.15) is 5.01 Å². The summed E-state index contributed by atoms with van der Waals surface area (Å²) in [6.07, 6.45) is 2.41. The van der Waals surface area contributed by atoms with Gasteiger partial charge in [-0.1, -0.05) is 23.1 Å². The molecule has 2 N–H and O–H groups in total. The number of hydrogen-bond donors (Lipinski definition) is 1. The van der Waals surface area contributed by atoms with E-state index in [0.29, 0.717) is 17.1 Å². The Balaban J connectivity index is 1.57. The Labute approximate surface area is 152 Å². The maximum atomic E-state index is 12.6. The summed E-state index contributed by atoms with van der Waals surface area (Å²) in [5.41, 5.74) is 5.32. The minimum absolute atomic E-state index is 0.0735. The normalized spacial score (nSPS) is 17.4. The SMILES string of the molecule is Cc1nnc(SCCC(=O)N2CCCC2c2ccc(C(N)=O)s2)s1. The van der Waals surface area contributed by atoms with Gasteiger partial charge in [0.25, 0.3) is 5.91 Å². The molecule has 24 heavy (non-hydrogen) atoms. The minimum Gasteiger partial charge on any atom is -0.365 e. The van der Waals surface area contributed by atoms with E-state index in [0.717, 1.165) is 33.6 Å². The molecule has 0 radical (unpaired) electrons. The molecule has 2 aromatic heterocycles. The third kappa shape index (κ3) is 3.96. The minimum atomic E-state index is -0.411. The number of carbonyl (C=O) groups excluding carboxylic acids is 2. The van der Waals surface area contributed by atoms with Crippen molar-refractivity contribution in [2.45, 2.75) is 36.6 Å². The van der Waals surface area contributed by atoms with Gasteiger partial charge in [-0.25, -0.2) is 0 Å². The first-order valence-electron chi connectivity index (χ1n) is 7.66. The Morgan fingerprint density at radius 3 is 2.88 bits per heavy atom. The van der Waals surface area contributed by atoms with Gasteiger partial charge >= 0.3 is 0 Å². The molecule has 1 aliphatic heterocycles. The molecule has 0 spiro atoms. The molecule has 6 nitrogen and oxygen atoms in total. The second-order valence-corrected chi connectivity index (χ2v) is 9.14. The largest absolute Gasteiger partial charge is 0.365 e. The first kappa shape index (κ1) is 17.4. The van der Waals surface area contributed by atoms with E-state index in [-0.39, 0.29) is 11.9 Å². The number of primary amides is 1. The monoisotopic (exact) mass is 382 g/mol. The lowest BCUT2D eigenvalue weighted by atomic mass is 10.2. The lowest BCUT2D eigenvalue weighted by Crippen LogP contribution is -2.30. The van der Waals surface area contributed by atoms with Crippen molar-refractivity contribution in [3.63, 3.8) is 0 Å². The molecule has 1 fully saturated rings. The van der Waals surface area contributed by atoms with Crippen molar-refractivity contribution < 1.29 is 9.59 Å². The van der Waals surface area contributed by atoms with Gasteiger partial charge in [-0.2, -0.15) is 0 Å². The number of thioether (sulfide) groups is 1. The number of aryl methyl sites for hydroxylation is 1. The lowest BCUT2D eigenvalue weighted by molar-refractivity contribution is -0.131. The molecule has 3 rings (SSSR count). The van der Waals surface area contributed by atoms with Crippen molar-refractivity contribution in [2.24, 2.45) is 5.73 Å². The van der Waals surface area contributed by atoms with Crippen LogP contribution < -0.4 is 5.73 Å². The average Bonchev–Trinajstić information content (AvgIpc) is 3.26. The molecule has 9 heteroatoms. The smallest absolute Gasteiger partial charge is 0.258 e. The predicted octanol–water partition coefficient (Wildman–Crippen LogP) is 2.85. The Hall–Kier alpha value is -1.45. The average molecular weight is 383 g/mol. The molecule has 0 aromatic carbocycles. The van der Waals surface area contributed by atoms with Gasteiger partial charge in [0.2, 0.25) is 5.91 Å². The topological polar surface area (TPSA) is 89.2 Å². The Morgan fingerprint density at radius 1 is 1.38 bits per heavy atom. The molecule has 1 saturated heterocycles. The van der Waals surface area contributed by atoms with Crippen molar-refractivity contribution in [1.29, 1.82) is 0 Å². The van der Waals surface area contributed by atoms with Crippen LogP contribution in [0.25, 0.3) is 0 Å². The Kier molecular flexibility index (Phi) is 5.52. The van der Waals surface area contributed by atoms with E-state index >= 15 is 0 Å². The van der Waals surface area contributed by atoms with Gasteiger partial charge in [0, 0.05) is 23.6 Å². The molecule has 1 atom stereocenters. The summed E-state index contributed by atoms with van der Waals surface area (Å²) in [6, 6.07) is 3.74. The fourth-order valence-corrected chi connectivity index (χ4v) is 5.55. The maximum Gasteiger partial charge on any atom is 0.258 e. The van der Waals surface area contributed by atoms with Crippen LogP contribution in [0.1, 0.15) is 44.9 Å². The summed E-state index contributed by atoms with van der Waals surface area (Å²) in [5.74, 6) is 0.444. The van der Waals surface area contributed by atoms with Crippen molar-refractivity contribution in [1.82, 2.24) is 15.1 Å². The molecule has 0 aliphatic carbocycles. The molecule has 0 saturated carbocycles. The Bertz CT molecular complexity index is 743. The van der Waals surface area contributed by atoms with E-state index in [1.807, 2.05) is 17.9 Å². The Morgan fingerprint density at radius 2 is 2.21 bits per heavy atom. The van der Waals surface area contributed by atoms with Gasteiger partial charge in [0.05, 0.1) is 10.9 Å². The number of thiophene rings is 1. The molecule has 2 aromatic rings. The lowest BCUT2D eigenvalue weighted by Gasteiger charge is -2.23. The third-order valence-electron chi connectivity index (χ3n) is 3.82. The van der Waals surface area contributed by atoms with Crippen LogP contribution in [-0.4, -0.2) is 39.2 Å². The third-order valence-corrected chi connectivity index (χ3v) is 6.99. The highest BCUT2D eigenvalue weighted by atomic mass is 32.2. The molecule has 128 valence electrons. The summed E-state index contributed by atoms with van der Waals surface area (Å²) < 4.78 is 0.905. The molecule has 0 bridgehead atoms. The van der Waals surface area contributed by atoms with Crippen LogP contribution in [0.15, 0.2) is 16.5 Å². The highest BCUT2D eigenvalue weighted by molar-refractivity contribution is 8.01. The van der Waals surface area contributed by atoms with E-state index in [4.69, 9.17) is 5.73 Å². The van der Waals surface area contributed by atoms with Gasteiger partial charge in [0.15, 0.2) is 4.34 Å². The van der Waals surface area contributed by atoms with Crippen LogP contribution in [0, 0.1) is 6.92 Å². The van der Waals surface area contributed by atoms with E-state index < -0.39 is 5.91 Å². The number of hydrogen-bond acceptors (Lipinski definition) is 7. The summed E-state index contributed by atoms with van der Waals surface area (Å²) >= 11 is 4.51. The number of nitrogens with two attached hydrogens (primary N) is 1. The van der Waals surface area contributed by atoms with E-state index in [9.17, 15) is 9.59 Å². The number of nitrogens with zero attached hydrogens (tertiary/aromatic N) is 3. The number of carbonyl (C=O) groups is 2. The first-order chi connectivity index (χ1) is 11.5. The van der Waals surface area contributed by atoms with Crippen molar-refractivity contribution in [3.05, 3.63) is 26.9 Å². The molecule has 1 unspecified atom stereocenters. The second-order valence-electron chi connectivity index (χ2n) is 5.50. The number of rotatable bonds is 6. The summed E-state index contributed by atoms with van der Waals surface area (Å²) in [7, 11) is 0. The summed E-state index contributed by atoms with van der Waals surface area (Å²) in [6.45, 7) is 2.69. The van der Waals surface area contributed by atoms with Crippen LogP contribution in [0.5, 0.6) is 0 Å². The number of amides is 2. The van der Waals surface area contributed by atoms with E-state index in [2.05, 4.69) is 10.2 Å². The zero-order valence-corrected chi connectivity index (χ0v) is 15.7. The van der Waals surface area contributed by atoms with Gasteiger partial charge < -0.3 is 10.6 Å². The fraction of sp³-hybridized carbons (Fsp3) is 0.467. The molecular weight excluding hydrogens is 364 g/mol. The highest BCUT2D eigenvalue weighted by Crippen LogP contribution is 2.36. The summed E-state index contributed by atoms with van der Waals surface area (Å²) in [4.78, 5) is 27.3. The number of aromatic nitrogens is 2. The summed E-state index contributed by atoms with van der Waals surface area (Å²) in [5, 5.41) is 8.97. The van der Waals surface area contributed by atoms with E-state index in [1.54, 1.807) is 29.2 Å². The van der Waals surface area contributed by atoms with Crippen LogP contribution in [0.3, 0.4) is 0 Å². The van der Waals surface area contributed by atoms with E-state index in [1.165, 1.54) is 11.3 Å². The molecule has 3 heterocycles. The first-order valence-corrected chi connectivity index (χ1v) is 10.3. The predicted molar refractivity (Wildman–Crippen MR) is 96.5 cm³/mol. The van der Waals surface area contributed by atoms with Crippen molar-refractivity contribution >= 4 is 46.2 Å².